The summed E-state index contributed by atoms with van der Waals surface area (Å²) in [6.45, 7) is 32.0. The van der Waals surface area contributed by atoms with Crippen molar-refractivity contribution in [2.45, 2.75) is 130 Å². The fraction of sp³-hybridized carbons (Fsp3) is 0.242. The zero-order valence-corrected chi connectivity index (χ0v) is 49.0. The van der Waals surface area contributed by atoms with Gasteiger partial charge in [-0.25, -0.2) is 16.8 Å². The van der Waals surface area contributed by atoms with Crippen molar-refractivity contribution in [3.63, 3.8) is 0 Å². The van der Waals surface area contributed by atoms with Crippen LogP contribution in [-0.2, 0) is 19.7 Å². The molecule has 0 spiro atoms. The average molecular weight is 1040 g/mol. The number of sulfone groups is 2. The smallest absolute Gasteiger partial charge is 0.206 e. The third-order valence-electron chi connectivity index (χ3n) is 8.36. The van der Waals surface area contributed by atoms with E-state index in [1.54, 1.807) is 121 Å². The van der Waals surface area contributed by atoms with Crippen molar-refractivity contribution in [2.24, 2.45) is 0 Å². The van der Waals surface area contributed by atoms with Gasteiger partial charge in [0.15, 0.2) is 11.6 Å². The minimum atomic E-state index is -3.34. The molecule has 0 fully saturated rings. The van der Waals surface area contributed by atoms with Crippen molar-refractivity contribution in [1.29, 1.82) is 0 Å². The molecule has 8 aromatic rings. The second-order valence-corrected chi connectivity index (χ2v) is 16.3. The molecule has 0 amide bonds. The van der Waals surface area contributed by atoms with Crippen molar-refractivity contribution in [2.75, 3.05) is 0 Å². The van der Waals surface area contributed by atoms with E-state index in [2.05, 4.69) is 0 Å². The van der Waals surface area contributed by atoms with E-state index in [0.717, 1.165) is 22.3 Å². The van der Waals surface area contributed by atoms with E-state index >= 15 is 0 Å². The number of rotatable bonds is 8. The van der Waals surface area contributed by atoms with Gasteiger partial charge in [0.1, 0.15) is 0 Å². The van der Waals surface area contributed by atoms with E-state index in [4.69, 9.17) is 0 Å². The van der Waals surface area contributed by atoms with Gasteiger partial charge >= 0.3 is 0 Å². The van der Waals surface area contributed by atoms with Gasteiger partial charge in [-0.3, -0.25) is 9.59 Å². The second kappa shape index (κ2) is 49.6. The van der Waals surface area contributed by atoms with Crippen molar-refractivity contribution < 1.29 is 26.4 Å². The lowest BCUT2D eigenvalue weighted by Crippen LogP contribution is -2.00. The SMILES string of the molecule is CC.CC.CC.CC.CC.CC.CC.CC.O=C(c1ccccc1)c1ccccc1.O=C(c1ccccc1)c1ccccc1.O=S(=O)(c1ccccc1)c1ccccc1.O=S(=O)(c1ccccc1)c1ccccc1. The molecular weight excluding hydrogens is 953 g/mol. The number of carbonyl (C=O) groups excluding carboxylic acids is 2. The minimum absolute atomic E-state index is 0.0752. The molecule has 0 aliphatic carbocycles. The van der Waals surface area contributed by atoms with Crippen LogP contribution in [0.1, 0.15) is 143 Å². The molecule has 0 aliphatic heterocycles. The number of carbonyl (C=O) groups is 2. The summed E-state index contributed by atoms with van der Waals surface area (Å²) in [6.07, 6.45) is 0. The van der Waals surface area contributed by atoms with Crippen LogP contribution >= 0.6 is 0 Å². The molecule has 0 unspecified atom stereocenters. The van der Waals surface area contributed by atoms with Crippen LogP contribution in [0.3, 0.4) is 0 Å². The standard InChI is InChI=1S/2C13H10O.2C12H10O2S.8C2H6/c2*14-13(11-7-3-1-4-8-11)12-9-5-2-6-10-12;2*13-15(14,11-7-3-1-4-8-11)12-9-5-2-6-10-12;8*1-2/h2*1-10H;2*1-10H;8*1-2H3. The van der Waals surface area contributed by atoms with Crippen LogP contribution in [0.2, 0.25) is 0 Å². The van der Waals surface area contributed by atoms with E-state index in [9.17, 15) is 26.4 Å². The first kappa shape index (κ1) is 73.5. The molecule has 400 valence electrons. The maximum atomic E-state index is 12.0. The highest BCUT2D eigenvalue weighted by Gasteiger charge is 2.17. The molecule has 8 aromatic carbocycles. The molecule has 8 rings (SSSR count). The minimum Gasteiger partial charge on any atom is -0.289 e. The van der Waals surface area contributed by atoms with E-state index < -0.39 is 19.7 Å². The Labute approximate surface area is 450 Å². The highest BCUT2D eigenvalue weighted by molar-refractivity contribution is 7.91. The number of hydrogen-bond acceptors (Lipinski definition) is 6. The Hall–Kier alpha value is -7.00. The third kappa shape index (κ3) is 28.3. The van der Waals surface area contributed by atoms with Gasteiger partial charge in [-0.2, -0.15) is 0 Å². The molecule has 8 heteroatoms. The maximum Gasteiger partial charge on any atom is 0.206 e. The summed E-state index contributed by atoms with van der Waals surface area (Å²) in [7, 11) is -6.68. The van der Waals surface area contributed by atoms with E-state index in [1.807, 2.05) is 232 Å². The second-order valence-electron chi connectivity index (χ2n) is 12.4. The van der Waals surface area contributed by atoms with Crippen LogP contribution in [0, 0.1) is 0 Å². The first-order valence-corrected chi connectivity index (χ1v) is 29.1. The van der Waals surface area contributed by atoms with Crippen molar-refractivity contribution >= 4 is 31.2 Å². The Morgan fingerprint density at radius 2 is 0.311 bits per heavy atom. The third-order valence-corrected chi connectivity index (χ3v) is 11.9. The van der Waals surface area contributed by atoms with E-state index in [-0.39, 0.29) is 11.6 Å². The first-order valence-electron chi connectivity index (χ1n) is 26.2. The van der Waals surface area contributed by atoms with Crippen molar-refractivity contribution in [1.82, 2.24) is 0 Å². The Balaban J connectivity index is -0.000000404. The Bertz CT molecular complexity index is 2300. The van der Waals surface area contributed by atoms with Crippen LogP contribution in [0.15, 0.2) is 262 Å². The quantitative estimate of drug-likeness (QED) is 0.141. The van der Waals surface area contributed by atoms with E-state index in [0.29, 0.717) is 19.6 Å². The van der Waals surface area contributed by atoms with Crippen molar-refractivity contribution in [3.8, 4) is 0 Å². The molecule has 0 aliphatic rings. The van der Waals surface area contributed by atoms with Gasteiger partial charge in [0.05, 0.1) is 19.6 Å². The molecule has 0 N–H and O–H groups in total. The predicted octanol–water partition coefficient (Wildman–Crippen LogP) is 19.1. The summed E-state index contributed by atoms with van der Waals surface area (Å²) in [6, 6.07) is 70.9. The summed E-state index contributed by atoms with van der Waals surface area (Å²) in [5.74, 6) is 0.150. The number of benzene rings is 8. The summed E-state index contributed by atoms with van der Waals surface area (Å²) < 4.78 is 48.1. The fourth-order valence-electron chi connectivity index (χ4n) is 5.36. The van der Waals surface area contributed by atoms with Crippen molar-refractivity contribution in [3.05, 3.63) is 265 Å². The van der Waals surface area contributed by atoms with Gasteiger partial charge in [-0.05, 0) is 48.5 Å². The lowest BCUT2D eigenvalue weighted by molar-refractivity contribution is 0.103. The highest BCUT2D eigenvalue weighted by atomic mass is 32.2. The molecule has 74 heavy (non-hydrogen) atoms. The van der Waals surface area contributed by atoms with Crippen LogP contribution in [-0.4, -0.2) is 28.4 Å². The lowest BCUT2D eigenvalue weighted by atomic mass is 10.0. The topological polar surface area (TPSA) is 102 Å². The van der Waals surface area contributed by atoms with Gasteiger partial charge in [-0.1, -0.05) is 305 Å². The predicted molar refractivity (Wildman–Crippen MR) is 320 cm³/mol. The van der Waals surface area contributed by atoms with Gasteiger partial charge in [0.25, 0.3) is 0 Å². The molecule has 0 saturated heterocycles. The molecule has 0 saturated carbocycles. The molecule has 0 bridgehead atoms. The van der Waals surface area contributed by atoms with Crippen LogP contribution < -0.4 is 0 Å². The van der Waals surface area contributed by atoms with Gasteiger partial charge < -0.3 is 0 Å². The normalized spacial score (nSPS) is 8.86. The summed E-state index contributed by atoms with van der Waals surface area (Å²) in [5.41, 5.74) is 2.94. The highest BCUT2D eigenvalue weighted by Crippen LogP contribution is 2.21. The van der Waals surface area contributed by atoms with E-state index in [1.165, 1.54) is 0 Å². The van der Waals surface area contributed by atoms with Crippen LogP contribution in [0.4, 0.5) is 0 Å². The number of ketones is 2. The Kier molecular flexibility index (Phi) is 49.3. The molecular formula is C66H88O6S2. The molecule has 0 heterocycles. The average Bonchev–Trinajstić information content (AvgIpc) is 3.53. The van der Waals surface area contributed by atoms with Crippen LogP contribution in [0.25, 0.3) is 0 Å². The molecule has 0 radical (unpaired) electrons. The molecule has 0 aromatic heterocycles. The fourth-order valence-corrected chi connectivity index (χ4v) is 7.97. The lowest BCUT2D eigenvalue weighted by Gasteiger charge is -2.03. The molecule has 0 atom stereocenters. The zero-order chi connectivity index (χ0) is 57.1. The Morgan fingerprint density at radius 1 is 0.203 bits per heavy atom. The zero-order valence-electron chi connectivity index (χ0n) is 47.4. The summed E-state index contributed by atoms with van der Waals surface area (Å²) >= 11 is 0. The van der Waals surface area contributed by atoms with Gasteiger partial charge in [0.2, 0.25) is 19.7 Å². The maximum absolute atomic E-state index is 12.0. The first-order chi connectivity index (χ1) is 36.2. The number of hydrogen-bond donors (Lipinski definition) is 0. The van der Waals surface area contributed by atoms with Gasteiger partial charge in [0, 0.05) is 22.3 Å². The summed E-state index contributed by atoms with van der Waals surface area (Å²) in [4.78, 5) is 25.0. The van der Waals surface area contributed by atoms with Gasteiger partial charge in [-0.15, -0.1) is 0 Å². The van der Waals surface area contributed by atoms with Crippen LogP contribution in [0.5, 0.6) is 0 Å². The Morgan fingerprint density at radius 3 is 0.432 bits per heavy atom. The monoisotopic (exact) mass is 1040 g/mol. The summed E-state index contributed by atoms with van der Waals surface area (Å²) in [5, 5.41) is 0. The molecule has 6 nitrogen and oxygen atoms in total. The largest absolute Gasteiger partial charge is 0.289 e.